The summed E-state index contributed by atoms with van der Waals surface area (Å²) in [6.07, 6.45) is 0. The normalized spacial score (nSPS) is 13.3. The molecule has 0 unspecified atom stereocenters. The highest BCUT2D eigenvalue weighted by molar-refractivity contribution is 5.90. The summed E-state index contributed by atoms with van der Waals surface area (Å²) in [7, 11) is 1.80. The molecule has 0 atom stereocenters. The standard InChI is InChI=1S/C27H36N6O3/c1-18(2)28-10-11-29-26(34)16-32(24-13-23-20(4)30-36-25(23)12-19(24)3)17-27(35)31(5)33-14-21-8-6-7-9-22(21)15-33/h6-9,12-13,18,28H,10-11,14-17H2,1-5H3,(H,29,34). The number of hydrazine groups is 1. The van der Waals surface area contributed by atoms with Crippen LogP contribution < -0.4 is 15.5 Å². The zero-order valence-corrected chi connectivity index (χ0v) is 21.8. The summed E-state index contributed by atoms with van der Waals surface area (Å²) >= 11 is 0. The number of likely N-dealkylation sites (N-methyl/N-ethyl adjacent to an activating group) is 1. The number of benzene rings is 2. The Morgan fingerprint density at radius 1 is 1.08 bits per heavy atom. The summed E-state index contributed by atoms with van der Waals surface area (Å²) in [5, 5.41) is 14.9. The molecule has 1 aliphatic heterocycles. The number of fused-ring (bicyclic) bond motifs is 2. The molecule has 2 N–H and O–H groups in total. The van der Waals surface area contributed by atoms with Crippen LogP contribution >= 0.6 is 0 Å². The van der Waals surface area contributed by atoms with E-state index in [0.29, 0.717) is 37.8 Å². The van der Waals surface area contributed by atoms with Crippen LogP contribution in [0.1, 0.15) is 36.2 Å². The van der Waals surface area contributed by atoms with Gasteiger partial charge in [0.05, 0.1) is 18.8 Å². The summed E-state index contributed by atoms with van der Waals surface area (Å²) < 4.78 is 5.41. The Hall–Kier alpha value is -3.43. The van der Waals surface area contributed by atoms with Crippen molar-refractivity contribution < 1.29 is 14.1 Å². The van der Waals surface area contributed by atoms with Gasteiger partial charge in [0.1, 0.15) is 0 Å². The van der Waals surface area contributed by atoms with E-state index in [1.807, 2.05) is 48.0 Å². The van der Waals surface area contributed by atoms with Gasteiger partial charge in [0.25, 0.3) is 5.91 Å². The number of carbonyl (C=O) groups is 2. The van der Waals surface area contributed by atoms with Crippen molar-refractivity contribution in [3.63, 3.8) is 0 Å². The van der Waals surface area contributed by atoms with Crippen molar-refractivity contribution in [3.8, 4) is 0 Å². The van der Waals surface area contributed by atoms with E-state index in [1.54, 1.807) is 12.1 Å². The summed E-state index contributed by atoms with van der Waals surface area (Å²) in [5.41, 5.74) is 5.65. The number of carbonyl (C=O) groups excluding carboxylic acids is 2. The molecule has 3 aromatic rings. The third kappa shape index (κ3) is 5.85. The van der Waals surface area contributed by atoms with Crippen LogP contribution in [0.3, 0.4) is 0 Å². The van der Waals surface area contributed by atoms with Crippen molar-refractivity contribution in [2.75, 3.05) is 38.1 Å². The number of nitrogens with zero attached hydrogens (tertiary/aromatic N) is 4. The smallest absolute Gasteiger partial charge is 0.256 e. The first-order valence-corrected chi connectivity index (χ1v) is 12.4. The zero-order chi connectivity index (χ0) is 25.8. The third-order valence-electron chi connectivity index (χ3n) is 6.58. The molecule has 1 aliphatic rings. The van der Waals surface area contributed by atoms with Gasteiger partial charge in [0.15, 0.2) is 5.58 Å². The Kier molecular flexibility index (Phi) is 7.91. The molecule has 192 valence electrons. The average Bonchev–Trinajstić information content (AvgIpc) is 3.43. The molecule has 0 radical (unpaired) electrons. The lowest BCUT2D eigenvalue weighted by Gasteiger charge is -2.32. The van der Waals surface area contributed by atoms with E-state index >= 15 is 0 Å². The van der Waals surface area contributed by atoms with Crippen molar-refractivity contribution in [2.24, 2.45) is 0 Å². The van der Waals surface area contributed by atoms with E-state index in [9.17, 15) is 9.59 Å². The first-order valence-electron chi connectivity index (χ1n) is 12.4. The van der Waals surface area contributed by atoms with Crippen LogP contribution in [0.25, 0.3) is 11.0 Å². The number of rotatable bonds is 10. The first kappa shape index (κ1) is 25.7. The lowest BCUT2D eigenvalue weighted by atomic mass is 10.1. The van der Waals surface area contributed by atoms with E-state index in [-0.39, 0.29) is 24.9 Å². The number of hydrogen-bond donors (Lipinski definition) is 2. The second-order valence-electron chi connectivity index (χ2n) is 9.73. The maximum atomic E-state index is 13.4. The molecule has 9 heteroatoms. The molecule has 1 aromatic heterocycles. The topological polar surface area (TPSA) is 93.9 Å². The third-order valence-corrected chi connectivity index (χ3v) is 6.58. The predicted octanol–water partition coefficient (Wildman–Crippen LogP) is 2.75. The van der Waals surface area contributed by atoms with Gasteiger partial charge in [-0.25, -0.2) is 5.01 Å². The number of aromatic nitrogens is 1. The highest BCUT2D eigenvalue weighted by Gasteiger charge is 2.27. The Morgan fingerprint density at radius 3 is 2.44 bits per heavy atom. The van der Waals surface area contributed by atoms with E-state index < -0.39 is 0 Å². The number of hydrogen-bond acceptors (Lipinski definition) is 7. The van der Waals surface area contributed by atoms with Gasteiger partial charge in [-0.2, -0.15) is 0 Å². The fourth-order valence-electron chi connectivity index (χ4n) is 4.50. The van der Waals surface area contributed by atoms with Gasteiger partial charge < -0.3 is 20.1 Å². The Morgan fingerprint density at radius 2 is 1.78 bits per heavy atom. The number of amides is 2. The van der Waals surface area contributed by atoms with Gasteiger partial charge in [0.2, 0.25) is 5.91 Å². The Bertz CT molecular complexity index is 1210. The van der Waals surface area contributed by atoms with Gasteiger partial charge in [-0.1, -0.05) is 43.3 Å². The van der Waals surface area contributed by atoms with E-state index in [2.05, 4.69) is 41.8 Å². The van der Waals surface area contributed by atoms with Crippen LogP contribution in [0, 0.1) is 13.8 Å². The number of aryl methyl sites for hydroxylation is 2. The molecule has 0 aliphatic carbocycles. The van der Waals surface area contributed by atoms with Gasteiger partial charge in [0, 0.05) is 50.3 Å². The van der Waals surface area contributed by atoms with E-state index in [0.717, 1.165) is 22.3 Å². The van der Waals surface area contributed by atoms with Crippen molar-refractivity contribution >= 4 is 28.5 Å². The molecule has 0 bridgehead atoms. The molecular weight excluding hydrogens is 456 g/mol. The highest BCUT2D eigenvalue weighted by atomic mass is 16.5. The van der Waals surface area contributed by atoms with Gasteiger partial charge in [-0.15, -0.1) is 0 Å². The van der Waals surface area contributed by atoms with Crippen LogP contribution in [0.4, 0.5) is 5.69 Å². The van der Waals surface area contributed by atoms with Crippen LogP contribution in [0.2, 0.25) is 0 Å². The minimum atomic E-state index is -0.133. The van der Waals surface area contributed by atoms with Crippen LogP contribution in [0.5, 0.6) is 0 Å². The molecule has 0 fully saturated rings. The van der Waals surface area contributed by atoms with Crippen molar-refractivity contribution in [1.29, 1.82) is 0 Å². The van der Waals surface area contributed by atoms with Gasteiger partial charge in [-0.3, -0.25) is 14.6 Å². The van der Waals surface area contributed by atoms with Gasteiger partial charge >= 0.3 is 0 Å². The van der Waals surface area contributed by atoms with E-state index in [1.165, 1.54) is 11.1 Å². The molecule has 9 nitrogen and oxygen atoms in total. The molecule has 2 aromatic carbocycles. The maximum Gasteiger partial charge on any atom is 0.256 e. The molecule has 4 rings (SSSR count). The second kappa shape index (κ2) is 11.1. The van der Waals surface area contributed by atoms with Crippen molar-refractivity contribution in [3.05, 3.63) is 58.8 Å². The Balaban J connectivity index is 1.51. The summed E-state index contributed by atoms with van der Waals surface area (Å²) in [6.45, 7) is 10.7. The molecule has 2 amide bonds. The predicted molar refractivity (Wildman–Crippen MR) is 140 cm³/mol. The lowest BCUT2D eigenvalue weighted by molar-refractivity contribution is -0.145. The largest absolute Gasteiger partial charge is 0.356 e. The molecule has 0 saturated carbocycles. The van der Waals surface area contributed by atoms with Crippen molar-refractivity contribution in [1.82, 2.24) is 25.8 Å². The van der Waals surface area contributed by atoms with Crippen LogP contribution in [-0.4, -0.2) is 66.3 Å². The van der Waals surface area contributed by atoms with Crippen molar-refractivity contribution in [2.45, 2.75) is 46.8 Å². The minimum absolute atomic E-state index is 0.0671. The summed E-state index contributed by atoms with van der Waals surface area (Å²) in [5.74, 6) is -0.218. The lowest BCUT2D eigenvalue weighted by Crippen LogP contribution is -2.48. The first-order chi connectivity index (χ1) is 17.2. The quantitative estimate of drug-likeness (QED) is 0.420. The monoisotopic (exact) mass is 492 g/mol. The fourth-order valence-corrected chi connectivity index (χ4v) is 4.50. The van der Waals surface area contributed by atoms with Crippen LogP contribution in [0.15, 0.2) is 40.9 Å². The maximum absolute atomic E-state index is 13.4. The fraction of sp³-hybridized carbons (Fsp3) is 0.444. The second-order valence-corrected chi connectivity index (χ2v) is 9.73. The Labute approximate surface area is 212 Å². The minimum Gasteiger partial charge on any atom is -0.356 e. The number of anilines is 1. The SMILES string of the molecule is Cc1cc2onc(C)c2cc1N(CC(=O)NCCNC(C)C)CC(=O)N(C)N1Cc2ccccc2C1. The summed E-state index contributed by atoms with van der Waals surface area (Å²) in [4.78, 5) is 28.2. The average molecular weight is 493 g/mol. The molecule has 0 spiro atoms. The molecule has 36 heavy (non-hydrogen) atoms. The molecular formula is C27H36N6O3. The molecule has 0 saturated heterocycles. The summed E-state index contributed by atoms with van der Waals surface area (Å²) in [6, 6.07) is 12.5. The zero-order valence-electron chi connectivity index (χ0n) is 21.8. The van der Waals surface area contributed by atoms with Gasteiger partial charge in [-0.05, 0) is 42.7 Å². The van der Waals surface area contributed by atoms with E-state index in [4.69, 9.17) is 4.52 Å². The molecule has 2 heterocycles. The highest BCUT2D eigenvalue weighted by Crippen LogP contribution is 2.29. The number of nitrogens with one attached hydrogen (secondary N) is 2. The van der Waals surface area contributed by atoms with Crippen LogP contribution in [-0.2, 0) is 22.7 Å².